The zero-order valence-corrected chi connectivity index (χ0v) is 16.2. The first-order valence-corrected chi connectivity index (χ1v) is 9.88. The summed E-state index contributed by atoms with van der Waals surface area (Å²) < 4.78 is 5.55. The number of benzene rings is 2. The van der Waals surface area contributed by atoms with Gasteiger partial charge >= 0.3 is 5.97 Å². The number of nitrogens with zero attached hydrogens (tertiary/aromatic N) is 2. The van der Waals surface area contributed by atoms with Gasteiger partial charge in [0.1, 0.15) is 6.10 Å². The number of esters is 1. The molecule has 3 unspecified atom stereocenters. The predicted octanol–water partition coefficient (Wildman–Crippen LogP) is 2.85. The van der Waals surface area contributed by atoms with E-state index in [0.717, 1.165) is 12.0 Å². The molecule has 5 nitrogen and oxygen atoms in total. The molecule has 2 heterocycles. The first kappa shape index (κ1) is 18.7. The maximum atomic E-state index is 13.3. The summed E-state index contributed by atoms with van der Waals surface area (Å²) in [4.78, 5) is 28.9. The molecule has 0 aliphatic carbocycles. The number of hydrogen-bond donors (Lipinski definition) is 0. The molecule has 0 radical (unpaired) electrons. The first-order chi connectivity index (χ1) is 13.6. The van der Waals surface area contributed by atoms with Crippen molar-refractivity contribution in [2.75, 3.05) is 13.1 Å². The van der Waals surface area contributed by atoms with Crippen LogP contribution in [0.5, 0.6) is 0 Å². The Bertz CT molecular complexity index is 824. The van der Waals surface area contributed by atoms with Crippen molar-refractivity contribution in [1.29, 1.82) is 0 Å². The van der Waals surface area contributed by atoms with E-state index in [2.05, 4.69) is 29.2 Å². The summed E-state index contributed by atoms with van der Waals surface area (Å²) in [5.41, 5.74) is 2.31. The van der Waals surface area contributed by atoms with Crippen LogP contribution in [-0.2, 0) is 27.4 Å². The standard InChI is InChI=1S/C23H26N2O3/c1-17(26)28-21-12-20-15-25(14-19-10-6-3-7-11-19)23(27)22(20)24(16-21)13-18-8-4-2-5-9-18/h2-11,20-22H,12-16H2,1H3. The van der Waals surface area contributed by atoms with Crippen molar-refractivity contribution in [3.63, 3.8) is 0 Å². The van der Waals surface area contributed by atoms with Crippen LogP contribution in [0.4, 0.5) is 0 Å². The van der Waals surface area contributed by atoms with Crippen molar-refractivity contribution in [2.45, 2.75) is 38.6 Å². The highest BCUT2D eigenvalue weighted by Gasteiger charge is 2.48. The maximum Gasteiger partial charge on any atom is 0.302 e. The van der Waals surface area contributed by atoms with Gasteiger partial charge in [0.25, 0.3) is 0 Å². The van der Waals surface area contributed by atoms with Gasteiger partial charge in [-0.15, -0.1) is 0 Å². The number of hydrogen-bond acceptors (Lipinski definition) is 4. The highest BCUT2D eigenvalue weighted by Crippen LogP contribution is 2.34. The topological polar surface area (TPSA) is 49.9 Å². The van der Waals surface area contributed by atoms with Gasteiger partial charge in [-0.05, 0) is 17.5 Å². The summed E-state index contributed by atoms with van der Waals surface area (Å²) in [6.07, 6.45) is 0.582. The van der Waals surface area contributed by atoms with E-state index in [9.17, 15) is 9.59 Å². The van der Waals surface area contributed by atoms with Crippen LogP contribution < -0.4 is 0 Å². The molecule has 2 aliphatic heterocycles. The van der Waals surface area contributed by atoms with Crippen LogP contribution in [0.1, 0.15) is 24.5 Å². The van der Waals surface area contributed by atoms with Crippen LogP contribution in [0.25, 0.3) is 0 Å². The van der Waals surface area contributed by atoms with Crippen molar-refractivity contribution in [2.24, 2.45) is 5.92 Å². The minimum absolute atomic E-state index is 0.143. The van der Waals surface area contributed by atoms with E-state index in [1.54, 1.807) is 0 Å². The smallest absolute Gasteiger partial charge is 0.302 e. The van der Waals surface area contributed by atoms with E-state index in [-0.39, 0.29) is 29.9 Å². The van der Waals surface area contributed by atoms with Gasteiger partial charge in [0, 0.05) is 39.0 Å². The number of carbonyl (C=O) groups excluding carboxylic acids is 2. The normalized spacial score (nSPS) is 24.8. The highest BCUT2D eigenvalue weighted by atomic mass is 16.5. The lowest BCUT2D eigenvalue weighted by atomic mass is 9.89. The molecule has 0 saturated carbocycles. The lowest BCUT2D eigenvalue weighted by Crippen LogP contribution is -2.52. The first-order valence-electron chi connectivity index (χ1n) is 9.88. The lowest BCUT2D eigenvalue weighted by Gasteiger charge is -2.39. The fourth-order valence-electron chi connectivity index (χ4n) is 4.55. The molecule has 146 valence electrons. The Morgan fingerprint density at radius 2 is 1.57 bits per heavy atom. The third kappa shape index (κ3) is 4.09. The number of fused-ring (bicyclic) bond motifs is 1. The number of carbonyl (C=O) groups is 2. The minimum atomic E-state index is -0.256. The van der Waals surface area contributed by atoms with Crippen molar-refractivity contribution in [3.8, 4) is 0 Å². The van der Waals surface area contributed by atoms with Gasteiger partial charge in [-0.25, -0.2) is 0 Å². The summed E-state index contributed by atoms with van der Waals surface area (Å²) in [6, 6.07) is 20.1. The molecule has 4 rings (SSSR count). The molecule has 2 aromatic carbocycles. The Morgan fingerprint density at radius 3 is 2.18 bits per heavy atom. The van der Waals surface area contributed by atoms with E-state index in [4.69, 9.17) is 4.74 Å². The van der Waals surface area contributed by atoms with Gasteiger partial charge in [-0.3, -0.25) is 14.5 Å². The van der Waals surface area contributed by atoms with Crippen LogP contribution in [-0.4, -0.2) is 46.9 Å². The van der Waals surface area contributed by atoms with Gasteiger partial charge in [0.2, 0.25) is 5.91 Å². The molecule has 2 aliphatic rings. The Labute approximate surface area is 165 Å². The third-order valence-corrected chi connectivity index (χ3v) is 5.64. The second kappa shape index (κ2) is 8.15. The average Bonchev–Trinajstić information content (AvgIpc) is 2.98. The summed E-state index contributed by atoms with van der Waals surface area (Å²) in [5.74, 6) is 0.109. The van der Waals surface area contributed by atoms with Gasteiger partial charge in [-0.1, -0.05) is 60.7 Å². The second-order valence-corrected chi connectivity index (χ2v) is 7.79. The summed E-state index contributed by atoms with van der Waals surface area (Å²) in [6.45, 7) is 4.08. The number of ether oxygens (including phenoxy) is 1. The van der Waals surface area contributed by atoms with Gasteiger partial charge in [0.05, 0.1) is 6.04 Å². The number of likely N-dealkylation sites (tertiary alicyclic amines) is 2. The Morgan fingerprint density at radius 1 is 0.964 bits per heavy atom. The van der Waals surface area contributed by atoms with Crippen molar-refractivity contribution < 1.29 is 14.3 Å². The molecule has 2 aromatic rings. The average molecular weight is 378 g/mol. The molecule has 0 N–H and O–H groups in total. The van der Waals surface area contributed by atoms with Crippen LogP contribution >= 0.6 is 0 Å². The van der Waals surface area contributed by atoms with Crippen LogP contribution in [0.15, 0.2) is 60.7 Å². The molecule has 2 saturated heterocycles. The lowest BCUT2D eigenvalue weighted by molar-refractivity contribution is -0.152. The van der Waals surface area contributed by atoms with E-state index < -0.39 is 0 Å². The summed E-state index contributed by atoms with van der Waals surface area (Å²) in [7, 11) is 0. The van der Waals surface area contributed by atoms with E-state index >= 15 is 0 Å². The molecule has 0 spiro atoms. The number of rotatable bonds is 5. The van der Waals surface area contributed by atoms with E-state index in [1.807, 2.05) is 41.3 Å². The van der Waals surface area contributed by atoms with Crippen molar-refractivity contribution in [1.82, 2.24) is 9.80 Å². The van der Waals surface area contributed by atoms with Crippen molar-refractivity contribution >= 4 is 11.9 Å². The summed E-state index contributed by atoms with van der Waals surface area (Å²) in [5, 5.41) is 0. The Kier molecular flexibility index (Phi) is 5.44. The Balaban J connectivity index is 1.54. The number of amides is 1. The van der Waals surface area contributed by atoms with Crippen LogP contribution in [0, 0.1) is 5.92 Å². The summed E-state index contributed by atoms with van der Waals surface area (Å²) >= 11 is 0. The zero-order chi connectivity index (χ0) is 19.5. The largest absolute Gasteiger partial charge is 0.461 e. The Hall–Kier alpha value is -2.66. The minimum Gasteiger partial charge on any atom is -0.461 e. The second-order valence-electron chi connectivity index (χ2n) is 7.79. The molecule has 3 atom stereocenters. The fourth-order valence-corrected chi connectivity index (χ4v) is 4.55. The van der Waals surface area contributed by atoms with Gasteiger partial charge in [-0.2, -0.15) is 0 Å². The monoisotopic (exact) mass is 378 g/mol. The molecular formula is C23H26N2O3. The molecule has 0 aromatic heterocycles. The van der Waals surface area contributed by atoms with E-state index in [0.29, 0.717) is 26.2 Å². The third-order valence-electron chi connectivity index (χ3n) is 5.64. The molecule has 1 amide bonds. The van der Waals surface area contributed by atoms with Gasteiger partial charge < -0.3 is 9.64 Å². The molecule has 28 heavy (non-hydrogen) atoms. The molecule has 0 bridgehead atoms. The highest BCUT2D eigenvalue weighted by molar-refractivity contribution is 5.84. The zero-order valence-electron chi connectivity index (χ0n) is 16.2. The fraction of sp³-hybridized carbons (Fsp3) is 0.391. The van der Waals surface area contributed by atoms with Crippen LogP contribution in [0.3, 0.4) is 0 Å². The SMILES string of the molecule is CC(=O)OC1CC2CN(Cc3ccccc3)C(=O)C2N(Cc2ccccc2)C1. The quantitative estimate of drug-likeness (QED) is 0.751. The van der Waals surface area contributed by atoms with E-state index in [1.165, 1.54) is 12.5 Å². The molecule has 5 heteroatoms. The maximum absolute atomic E-state index is 13.3. The molecular weight excluding hydrogens is 352 g/mol. The van der Waals surface area contributed by atoms with Crippen LogP contribution in [0.2, 0.25) is 0 Å². The van der Waals surface area contributed by atoms with Gasteiger partial charge in [0.15, 0.2) is 0 Å². The molecule has 2 fully saturated rings. The number of piperidine rings is 1. The van der Waals surface area contributed by atoms with Crippen molar-refractivity contribution in [3.05, 3.63) is 71.8 Å². The predicted molar refractivity (Wildman–Crippen MR) is 106 cm³/mol.